The van der Waals surface area contributed by atoms with E-state index in [0.717, 1.165) is 16.8 Å². The third-order valence-electron chi connectivity index (χ3n) is 10.9. The number of ketones is 2. The van der Waals surface area contributed by atoms with Crippen molar-refractivity contribution in [2.45, 2.75) is 32.3 Å². The number of imide groups is 1. The first-order chi connectivity index (χ1) is 26.1. The van der Waals surface area contributed by atoms with Crippen molar-refractivity contribution >= 4 is 46.1 Å². The Hall–Kier alpha value is -6.42. The predicted octanol–water partition coefficient (Wildman–Crippen LogP) is 8.09. The molecule has 1 N–H and O–H groups in total. The highest BCUT2D eigenvalue weighted by molar-refractivity contribution is 6.25. The van der Waals surface area contributed by atoms with Gasteiger partial charge in [-0.15, -0.1) is 0 Å². The number of Topliss-reactive ketones (excluding diaryl/α,β-unsaturated/α-hetero) is 1. The molecule has 1 heterocycles. The SMILES string of the molecule is CC1=CC(=O)C2=C(CC3C(=CCC4C(=O)N(c5ccc(N=Nc6ccc(N(C)C)cc6)cc5)C(=O)C43)C2c2ccc(OCc3ccccc3)cc2O)C1=O. The molecule has 4 unspecified atom stereocenters. The fraction of sp³-hybridized carbons (Fsp3) is 0.227. The zero-order valence-electron chi connectivity index (χ0n) is 30.1. The molecule has 1 fully saturated rings. The van der Waals surface area contributed by atoms with Crippen LogP contribution in [-0.2, 0) is 25.8 Å². The Bertz CT molecular complexity index is 2320. The van der Waals surface area contributed by atoms with Gasteiger partial charge in [0.05, 0.1) is 28.9 Å². The Morgan fingerprint density at radius 1 is 0.833 bits per heavy atom. The van der Waals surface area contributed by atoms with Crippen LogP contribution in [0.5, 0.6) is 11.5 Å². The summed E-state index contributed by atoms with van der Waals surface area (Å²) in [6, 6.07) is 29.1. The molecular weight excluding hydrogens is 681 g/mol. The van der Waals surface area contributed by atoms with Gasteiger partial charge in [0.1, 0.15) is 18.1 Å². The average molecular weight is 719 g/mol. The summed E-state index contributed by atoms with van der Waals surface area (Å²) in [7, 11) is 3.93. The van der Waals surface area contributed by atoms with Crippen LogP contribution < -0.4 is 14.5 Å². The first-order valence-electron chi connectivity index (χ1n) is 18.0. The monoisotopic (exact) mass is 718 g/mol. The lowest BCUT2D eigenvalue weighted by Gasteiger charge is -2.42. The number of allylic oxidation sites excluding steroid dienone is 6. The average Bonchev–Trinajstić information content (AvgIpc) is 3.44. The molecule has 0 bridgehead atoms. The molecule has 2 amide bonds. The third kappa shape index (κ3) is 6.13. The van der Waals surface area contributed by atoms with Crippen LogP contribution in [0.25, 0.3) is 0 Å². The van der Waals surface area contributed by atoms with Crippen LogP contribution in [0.15, 0.2) is 142 Å². The zero-order chi connectivity index (χ0) is 37.7. The van der Waals surface area contributed by atoms with Crippen LogP contribution in [0.3, 0.4) is 0 Å². The number of phenolic OH excluding ortho intramolecular Hbond substituents is 1. The Morgan fingerprint density at radius 2 is 1.52 bits per heavy atom. The van der Waals surface area contributed by atoms with Gasteiger partial charge in [0.15, 0.2) is 11.6 Å². The van der Waals surface area contributed by atoms with Gasteiger partial charge in [-0.2, -0.15) is 10.2 Å². The number of amides is 2. The second-order valence-electron chi connectivity index (χ2n) is 14.4. The minimum atomic E-state index is -0.774. The quantitative estimate of drug-likeness (QED) is 0.0844. The van der Waals surface area contributed by atoms with Gasteiger partial charge in [0, 0.05) is 54.0 Å². The number of carbonyl (C=O) groups excluding carboxylic acids is 4. The summed E-state index contributed by atoms with van der Waals surface area (Å²) >= 11 is 0. The molecule has 4 atom stereocenters. The summed E-state index contributed by atoms with van der Waals surface area (Å²) in [4.78, 5) is 59.0. The van der Waals surface area contributed by atoms with E-state index in [9.17, 15) is 24.3 Å². The van der Waals surface area contributed by atoms with Crippen LogP contribution in [0.1, 0.15) is 36.8 Å². The smallest absolute Gasteiger partial charge is 0.238 e. The van der Waals surface area contributed by atoms with E-state index in [-0.39, 0.29) is 42.0 Å². The molecule has 0 saturated carbocycles. The Morgan fingerprint density at radius 3 is 2.19 bits per heavy atom. The topological polar surface area (TPSA) is 129 Å². The van der Waals surface area contributed by atoms with Gasteiger partial charge >= 0.3 is 0 Å². The number of aromatic hydroxyl groups is 1. The summed E-state index contributed by atoms with van der Waals surface area (Å²) < 4.78 is 5.95. The third-order valence-corrected chi connectivity index (χ3v) is 10.9. The van der Waals surface area contributed by atoms with E-state index in [1.54, 1.807) is 43.3 Å². The van der Waals surface area contributed by atoms with Gasteiger partial charge in [-0.25, -0.2) is 0 Å². The van der Waals surface area contributed by atoms with E-state index in [2.05, 4.69) is 10.2 Å². The first kappa shape index (κ1) is 34.7. The normalized spacial score (nSPS) is 22.2. The number of hydrogen-bond acceptors (Lipinski definition) is 9. The van der Waals surface area contributed by atoms with Crippen molar-refractivity contribution in [3.05, 3.63) is 143 Å². The maximum atomic E-state index is 14.4. The van der Waals surface area contributed by atoms with E-state index in [1.807, 2.05) is 79.7 Å². The minimum Gasteiger partial charge on any atom is -0.507 e. The number of phenols is 1. The molecule has 3 aliphatic carbocycles. The maximum absolute atomic E-state index is 14.4. The first-order valence-corrected chi connectivity index (χ1v) is 18.0. The van der Waals surface area contributed by atoms with Crippen LogP contribution in [0.4, 0.5) is 22.7 Å². The second-order valence-corrected chi connectivity index (χ2v) is 14.4. The molecule has 10 heteroatoms. The highest BCUT2D eigenvalue weighted by Crippen LogP contribution is 2.56. The largest absolute Gasteiger partial charge is 0.507 e. The van der Waals surface area contributed by atoms with Gasteiger partial charge in [0.25, 0.3) is 0 Å². The van der Waals surface area contributed by atoms with Gasteiger partial charge in [-0.1, -0.05) is 48.0 Å². The molecule has 1 aliphatic heterocycles. The molecule has 0 radical (unpaired) electrons. The van der Waals surface area contributed by atoms with E-state index < -0.39 is 23.7 Å². The lowest BCUT2D eigenvalue weighted by molar-refractivity contribution is -0.123. The predicted molar refractivity (Wildman–Crippen MR) is 204 cm³/mol. The highest BCUT2D eigenvalue weighted by atomic mass is 16.5. The Kier molecular flexibility index (Phi) is 8.89. The van der Waals surface area contributed by atoms with Crippen molar-refractivity contribution < 1.29 is 29.0 Å². The number of hydrogen-bond donors (Lipinski definition) is 1. The summed E-state index contributed by atoms with van der Waals surface area (Å²) in [6.45, 7) is 1.91. The molecule has 4 aromatic rings. The Balaban J connectivity index is 1.08. The number of azo groups is 1. The molecule has 0 spiro atoms. The van der Waals surface area contributed by atoms with E-state index in [4.69, 9.17) is 4.74 Å². The summed E-state index contributed by atoms with van der Waals surface area (Å²) in [5, 5.41) is 20.1. The molecule has 4 aliphatic rings. The second kappa shape index (κ2) is 13.9. The van der Waals surface area contributed by atoms with E-state index >= 15 is 0 Å². The van der Waals surface area contributed by atoms with E-state index in [0.29, 0.717) is 51.7 Å². The Labute approximate surface area is 312 Å². The number of anilines is 2. The van der Waals surface area contributed by atoms with Crippen LogP contribution >= 0.6 is 0 Å². The molecule has 270 valence electrons. The molecule has 1 saturated heterocycles. The zero-order valence-corrected chi connectivity index (χ0v) is 30.1. The number of carbonyl (C=O) groups is 4. The van der Waals surface area contributed by atoms with Crippen molar-refractivity contribution in [1.29, 1.82) is 0 Å². The molecule has 4 aromatic carbocycles. The summed E-state index contributed by atoms with van der Waals surface area (Å²) in [5.41, 5.74) is 5.85. The lowest BCUT2D eigenvalue weighted by Crippen LogP contribution is -2.39. The number of benzene rings is 4. The molecule has 10 nitrogen and oxygen atoms in total. The molecule has 54 heavy (non-hydrogen) atoms. The van der Waals surface area contributed by atoms with E-state index in [1.165, 1.54) is 17.0 Å². The summed E-state index contributed by atoms with van der Waals surface area (Å²) in [6.07, 6.45) is 3.72. The van der Waals surface area contributed by atoms with Crippen LogP contribution in [0.2, 0.25) is 0 Å². The van der Waals surface area contributed by atoms with Gasteiger partial charge in [-0.3, -0.25) is 24.1 Å². The fourth-order valence-corrected chi connectivity index (χ4v) is 8.19. The van der Waals surface area contributed by atoms with Crippen molar-refractivity contribution in [1.82, 2.24) is 0 Å². The number of nitrogens with zero attached hydrogens (tertiary/aromatic N) is 4. The molecule has 0 aromatic heterocycles. The molecule has 8 rings (SSSR count). The number of rotatable bonds is 8. The van der Waals surface area contributed by atoms with Crippen molar-refractivity contribution in [3.8, 4) is 11.5 Å². The number of fused-ring (bicyclic) bond motifs is 3. The number of ether oxygens (including phenoxy) is 1. The maximum Gasteiger partial charge on any atom is 0.238 e. The van der Waals surface area contributed by atoms with Gasteiger partial charge in [0.2, 0.25) is 11.8 Å². The minimum absolute atomic E-state index is 0.0918. The summed E-state index contributed by atoms with van der Waals surface area (Å²) in [5.74, 6) is -3.55. The molecular formula is C44H38N4O6. The van der Waals surface area contributed by atoms with Crippen molar-refractivity contribution in [2.75, 3.05) is 23.9 Å². The van der Waals surface area contributed by atoms with Crippen LogP contribution in [0, 0.1) is 17.8 Å². The van der Waals surface area contributed by atoms with Crippen molar-refractivity contribution in [3.63, 3.8) is 0 Å². The standard InChI is InChI=1S/C44H38N4O6/c1-25-21-38(50)41-36(42(25)51)23-35-32(39(41)33-18-17-31(22-37(33)49)54-24-26-7-5-4-6-8-26)19-20-34-40(35)44(53)48(43(34)52)30-15-11-28(12-16-30)46-45-27-9-13-29(14-10-27)47(2)3/h4-19,21-22,34-35,39-40,49H,20,23-24H2,1-3H3. The van der Waals surface area contributed by atoms with Crippen molar-refractivity contribution in [2.24, 2.45) is 28.0 Å². The highest BCUT2D eigenvalue weighted by Gasteiger charge is 2.56. The van der Waals surface area contributed by atoms with Crippen LogP contribution in [-0.4, -0.2) is 42.6 Å². The lowest BCUT2D eigenvalue weighted by atomic mass is 9.59. The van der Waals surface area contributed by atoms with Gasteiger partial charge < -0.3 is 14.7 Å². The fourth-order valence-electron chi connectivity index (χ4n) is 8.19. The van der Waals surface area contributed by atoms with Gasteiger partial charge in [-0.05, 0) is 91.9 Å².